The molecule has 5 nitrogen and oxygen atoms in total. The molecule has 5 heteroatoms. The van der Waals surface area contributed by atoms with E-state index >= 15 is 0 Å². The van der Waals surface area contributed by atoms with Gasteiger partial charge in [-0.2, -0.15) is 0 Å². The topological polar surface area (TPSA) is 67.8 Å². The minimum Gasteiger partial charge on any atom is -0.495 e. The molecule has 22 heavy (non-hydrogen) atoms. The van der Waals surface area contributed by atoms with Crippen molar-refractivity contribution in [2.45, 2.75) is 57.7 Å². The van der Waals surface area contributed by atoms with E-state index in [1.54, 1.807) is 13.2 Å². The van der Waals surface area contributed by atoms with Crippen molar-refractivity contribution in [2.75, 3.05) is 12.4 Å². The summed E-state index contributed by atoms with van der Waals surface area (Å²) < 4.78 is 10.6. The van der Waals surface area contributed by atoms with Crippen LogP contribution >= 0.6 is 0 Å². The zero-order valence-corrected chi connectivity index (χ0v) is 13.7. The molecule has 0 unspecified atom stereocenters. The first-order chi connectivity index (χ1) is 10.2. The summed E-state index contributed by atoms with van der Waals surface area (Å²) in [5, 5.41) is 12.6. The van der Waals surface area contributed by atoms with Crippen LogP contribution in [0.3, 0.4) is 0 Å². The number of methoxy groups -OCH3 is 1. The highest BCUT2D eigenvalue weighted by molar-refractivity contribution is 5.87. The molecule has 1 aromatic rings. The Morgan fingerprint density at radius 1 is 1.36 bits per heavy atom. The van der Waals surface area contributed by atoms with E-state index < -0.39 is 17.3 Å². The van der Waals surface area contributed by atoms with Gasteiger partial charge < -0.3 is 14.6 Å². The number of carbonyl (C=O) groups is 1. The van der Waals surface area contributed by atoms with Crippen molar-refractivity contribution in [3.05, 3.63) is 23.8 Å². The number of ether oxygens (including phenoxy) is 2. The highest BCUT2D eigenvalue weighted by atomic mass is 16.6. The second-order valence-corrected chi connectivity index (χ2v) is 6.89. The van der Waals surface area contributed by atoms with Crippen LogP contribution in [-0.4, -0.2) is 29.5 Å². The molecule has 1 fully saturated rings. The standard InChI is InChI=1S/C17H25NO4/c1-16(2,3)22-15(19)18-13-6-5-12(11-14(13)21-4)7-8-17(20)9-10-17/h5-6,11,20H,7-10H2,1-4H3,(H,18,19). The maximum Gasteiger partial charge on any atom is 0.412 e. The van der Waals surface area contributed by atoms with Crippen molar-refractivity contribution < 1.29 is 19.4 Å². The molecule has 0 aromatic heterocycles. The number of hydrogen-bond donors (Lipinski definition) is 2. The molecule has 0 radical (unpaired) electrons. The minimum atomic E-state index is -0.545. The average Bonchev–Trinajstić information content (AvgIpc) is 3.14. The van der Waals surface area contributed by atoms with Crippen molar-refractivity contribution in [3.8, 4) is 5.75 Å². The van der Waals surface area contributed by atoms with Crippen molar-refractivity contribution >= 4 is 11.8 Å². The Morgan fingerprint density at radius 3 is 2.59 bits per heavy atom. The monoisotopic (exact) mass is 307 g/mol. The highest BCUT2D eigenvalue weighted by Gasteiger charge is 2.39. The summed E-state index contributed by atoms with van der Waals surface area (Å²) in [7, 11) is 1.56. The second-order valence-electron chi connectivity index (χ2n) is 6.89. The predicted molar refractivity (Wildman–Crippen MR) is 85.4 cm³/mol. The van der Waals surface area contributed by atoms with E-state index in [1.165, 1.54) is 0 Å². The van der Waals surface area contributed by atoms with Gasteiger partial charge in [-0.3, -0.25) is 5.32 Å². The third-order valence-electron chi connectivity index (χ3n) is 3.61. The van der Waals surface area contributed by atoms with E-state index in [9.17, 15) is 9.90 Å². The Morgan fingerprint density at radius 2 is 2.05 bits per heavy atom. The molecule has 1 amide bonds. The first kappa shape index (κ1) is 16.6. The molecule has 2 N–H and O–H groups in total. The van der Waals surface area contributed by atoms with E-state index in [1.807, 2.05) is 32.9 Å². The average molecular weight is 307 g/mol. The summed E-state index contributed by atoms with van der Waals surface area (Å²) in [5.74, 6) is 0.589. The van der Waals surface area contributed by atoms with E-state index in [0.717, 1.165) is 31.2 Å². The minimum absolute atomic E-state index is 0.458. The molecule has 1 aliphatic rings. The highest BCUT2D eigenvalue weighted by Crippen LogP contribution is 2.39. The van der Waals surface area contributed by atoms with Gasteiger partial charge in [0.05, 0.1) is 18.4 Å². The quantitative estimate of drug-likeness (QED) is 0.873. The van der Waals surface area contributed by atoms with Gasteiger partial charge in [-0.05, 0) is 64.2 Å². The van der Waals surface area contributed by atoms with Crippen LogP contribution in [0, 0.1) is 0 Å². The number of carbonyl (C=O) groups excluding carboxylic acids is 1. The Labute approximate surface area is 131 Å². The van der Waals surface area contributed by atoms with Gasteiger partial charge >= 0.3 is 6.09 Å². The second kappa shape index (κ2) is 6.16. The fraction of sp³-hybridized carbons (Fsp3) is 0.588. The molecular weight excluding hydrogens is 282 g/mol. The number of hydrogen-bond acceptors (Lipinski definition) is 4. The number of rotatable bonds is 5. The molecule has 2 rings (SSSR count). The number of benzene rings is 1. The number of aliphatic hydroxyl groups is 1. The third kappa shape index (κ3) is 4.91. The number of anilines is 1. The van der Waals surface area contributed by atoms with Gasteiger partial charge in [-0.15, -0.1) is 0 Å². The Balaban J connectivity index is 2.00. The SMILES string of the molecule is COc1cc(CCC2(O)CC2)ccc1NC(=O)OC(C)(C)C. The fourth-order valence-electron chi connectivity index (χ4n) is 2.18. The van der Waals surface area contributed by atoms with Gasteiger partial charge in [0.2, 0.25) is 0 Å². The van der Waals surface area contributed by atoms with Gasteiger partial charge in [0.1, 0.15) is 11.4 Å². The Hall–Kier alpha value is -1.75. The lowest BCUT2D eigenvalue weighted by atomic mass is 10.0. The first-order valence-corrected chi connectivity index (χ1v) is 7.60. The predicted octanol–water partition coefficient (Wildman–Crippen LogP) is 3.50. The van der Waals surface area contributed by atoms with Gasteiger partial charge in [0.15, 0.2) is 0 Å². The summed E-state index contributed by atoms with van der Waals surface area (Å²) in [5.41, 5.74) is 0.648. The van der Waals surface area contributed by atoms with E-state index in [-0.39, 0.29) is 0 Å². The summed E-state index contributed by atoms with van der Waals surface area (Å²) in [6.07, 6.45) is 2.82. The van der Waals surface area contributed by atoms with Crippen LogP contribution in [0.15, 0.2) is 18.2 Å². The lowest BCUT2D eigenvalue weighted by Gasteiger charge is -2.20. The van der Waals surface area contributed by atoms with Crippen LogP contribution < -0.4 is 10.1 Å². The van der Waals surface area contributed by atoms with Crippen molar-refractivity contribution in [2.24, 2.45) is 0 Å². The molecular formula is C17H25NO4. The zero-order chi connectivity index (χ0) is 16.4. The van der Waals surface area contributed by atoms with Crippen molar-refractivity contribution in [1.82, 2.24) is 0 Å². The van der Waals surface area contributed by atoms with E-state index in [0.29, 0.717) is 11.4 Å². The molecule has 0 saturated heterocycles. The smallest absolute Gasteiger partial charge is 0.412 e. The van der Waals surface area contributed by atoms with Gasteiger partial charge in [-0.25, -0.2) is 4.79 Å². The molecule has 0 aliphatic heterocycles. The molecule has 122 valence electrons. The molecule has 1 saturated carbocycles. The van der Waals surface area contributed by atoms with Crippen molar-refractivity contribution in [1.29, 1.82) is 0 Å². The van der Waals surface area contributed by atoms with E-state index in [2.05, 4.69) is 5.32 Å². The van der Waals surface area contributed by atoms with Crippen LogP contribution in [-0.2, 0) is 11.2 Å². The molecule has 0 heterocycles. The lowest BCUT2D eigenvalue weighted by Crippen LogP contribution is -2.27. The Bertz CT molecular complexity index is 544. The molecule has 1 aliphatic carbocycles. The zero-order valence-electron chi connectivity index (χ0n) is 13.7. The molecule has 0 atom stereocenters. The third-order valence-corrected chi connectivity index (χ3v) is 3.61. The largest absolute Gasteiger partial charge is 0.495 e. The lowest BCUT2D eigenvalue weighted by molar-refractivity contribution is 0.0635. The maximum absolute atomic E-state index is 11.8. The van der Waals surface area contributed by atoms with Crippen LogP contribution in [0.25, 0.3) is 0 Å². The van der Waals surface area contributed by atoms with E-state index in [4.69, 9.17) is 9.47 Å². The number of nitrogens with one attached hydrogen (secondary N) is 1. The summed E-state index contributed by atoms with van der Waals surface area (Å²) in [4.78, 5) is 11.8. The molecule has 0 bridgehead atoms. The van der Waals surface area contributed by atoms with Crippen molar-refractivity contribution in [3.63, 3.8) is 0 Å². The van der Waals surface area contributed by atoms with Crippen LogP contribution in [0.5, 0.6) is 5.75 Å². The molecule has 0 spiro atoms. The normalized spacial score (nSPS) is 16.0. The van der Waals surface area contributed by atoms with Crippen LogP contribution in [0.4, 0.5) is 10.5 Å². The summed E-state index contributed by atoms with van der Waals surface area (Å²) in [6, 6.07) is 5.62. The first-order valence-electron chi connectivity index (χ1n) is 7.60. The summed E-state index contributed by atoms with van der Waals surface area (Å²) in [6.45, 7) is 5.44. The fourth-order valence-corrected chi connectivity index (χ4v) is 2.18. The number of aryl methyl sites for hydroxylation is 1. The summed E-state index contributed by atoms with van der Waals surface area (Å²) >= 11 is 0. The molecule has 1 aromatic carbocycles. The van der Waals surface area contributed by atoms with Crippen LogP contribution in [0.1, 0.15) is 45.6 Å². The Kier molecular flexibility index (Phi) is 4.66. The maximum atomic E-state index is 11.8. The van der Waals surface area contributed by atoms with Gasteiger partial charge in [-0.1, -0.05) is 6.07 Å². The van der Waals surface area contributed by atoms with Crippen LogP contribution in [0.2, 0.25) is 0 Å². The van der Waals surface area contributed by atoms with Gasteiger partial charge in [0, 0.05) is 0 Å². The van der Waals surface area contributed by atoms with Gasteiger partial charge in [0.25, 0.3) is 0 Å². The number of amides is 1.